The molecule has 4 heteroatoms. The molecule has 0 fully saturated rings. The van der Waals surface area contributed by atoms with E-state index < -0.39 is 0 Å². The van der Waals surface area contributed by atoms with E-state index in [1.54, 1.807) is 10.7 Å². The molecule has 0 aliphatic carbocycles. The minimum atomic E-state index is -0.0347. The molecule has 0 unspecified atom stereocenters. The largest absolute Gasteiger partial charge is 0.293 e. The lowest BCUT2D eigenvalue weighted by molar-refractivity contribution is 0.101. The van der Waals surface area contributed by atoms with Crippen LogP contribution in [0.2, 0.25) is 0 Å². The number of pyridine rings is 1. The van der Waals surface area contributed by atoms with E-state index in [0.29, 0.717) is 11.3 Å². The summed E-state index contributed by atoms with van der Waals surface area (Å²) < 4.78 is 1.68. The predicted octanol–water partition coefficient (Wildman–Crippen LogP) is 1.17. The van der Waals surface area contributed by atoms with Crippen LogP contribution in [0.5, 0.6) is 0 Å². The average molecular weight is 175 g/mol. The van der Waals surface area contributed by atoms with Gasteiger partial charge in [0.15, 0.2) is 11.4 Å². The first-order chi connectivity index (χ1) is 6.16. The molecule has 2 aromatic heterocycles. The van der Waals surface area contributed by atoms with Gasteiger partial charge in [-0.2, -0.15) is 5.10 Å². The Labute approximate surface area is 75.2 Å². The van der Waals surface area contributed by atoms with Crippen molar-refractivity contribution in [3.63, 3.8) is 0 Å². The standard InChI is InChI=1S/C9H9N3O/c1-6(13)8-4-3-7-5-12(2)11-9(7)10-8/h3-5H,1-2H3. The number of nitrogens with zero attached hydrogens (tertiary/aromatic N) is 3. The summed E-state index contributed by atoms with van der Waals surface area (Å²) in [5.74, 6) is -0.0347. The molecule has 0 aliphatic rings. The average Bonchev–Trinajstić information content (AvgIpc) is 2.42. The van der Waals surface area contributed by atoms with Crippen LogP contribution in [0.4, 0.5) is 0 Å². The second kappa shape index (κ2) is 2.65. The van der Waals surface area contributed by atoms with Gasteiger partial charge in [0, 0.05) is 25.6 Å². The van der Waals surface area contributed by atoms with Gasteiger partial charge in [-0.05, 0) is 12.1 Å². The second-order valence-corrected chi connectivity index (χ2v) is 2.97. The maximum absolute atomic E-state index is 11.0. The Balaban J connectivity index is 2.67. The number of aryl methyl sites for hydroxylation is 1. The van der Waals surface area contributed by atoms with Gasteiger partial charge in [0.2, 0.25) is 0 Å². The van der Waals surface area contributed by atoms with Crippen LogP contribution in [0.1, 0.15) is 17.4 Å². The van der Waals surface area contributed by atoms with Crippen molar-refractivity contribution < 1.29 is 4.79 Å². The van der Waals surface area contributed by atoms with Crippen molar-refractivity contribution in [1.29, 1.82) is 0 Å². The molecule has 0 bridgehead atoms. The Hall–Kier alpha value is -1.71. The maximum atomic E-state index is 11.0. The van der Waals surface area contributed by atoms with Crippen LogP contribution in [-0.2, 0) is 7.05 Å². The lowest BCUT2D eigenvalue weighted by atomic mass is 10.2. The lowest BCUT2D eigenvalue weighted by Crippen LogP contribution is -1.96. The Morgan fingerprint density at radius 1 is 1.46 bits per heavy atom. The number of fused-ring (bicyclic) bond motifs is 1. The molecule has 0 saturated heterocycles. The number of carbonyl (C=O) groups excluding carboxylic acids is 1. The molecule has 2 aromatic rings. The summed E-state index contributed by atoms with van der Waals surface area (Å²) in [4.78, 5) is 15.1. The van der Waals surface area contributed by atoms with E-state index in [0.717, 1.165) is 5.39 Å². The molecule has 2 heterocycles. The first-order valence-corrected chi connectivity index (χ1v) is 3.98. The smallest absolute Gasteiger partial charge is 0.181 e. The second-order valence-electron chi connectivity index (χ2n) is 2.97. The number of hydrogen-bond acceptors (Lipinski definition) is 3. The number of Topliss-reactive ketones (excluding diaryl/α,β-unsaturated/α-hetero) is 1. The number of aromatic nitrogens is 3. The summed E-state index contributed by atoms with van der Waals surface area (Å²) in [6, 6.07) is 3.57. The highest BCUT2D eigenvalue weighted by molar-refractivity contribution is 5.94. The van der Waals surface area contributed by atoms with Gasteiger partial charge in [0.05, 0.1) is 0 Å². The molecule has 0 aliphatic heterocycles. The van der Waals surface area contributed by atoms with Crippen molar-refractivity contribution in [3.8, 4) is 0 Å². The number of ketones is 1. The van der Waals surface area contributed by atoms with Gasteiger partial charge in [-0.15, -0.1) is 0 Å². The third-order valence-corrected chi connectivity index (χ3v) is 1.84. The van der Waals surface area contributed by atoms with Crippen LogP contribution in [0.3, 0.4) is 0 Å². The minimum absolute atomic E-state index is 0.0347. The molecule has 2 rings (SSSR count). The van der Waals surface area contributed by atoms with Crippen molar-refractivity contribution in [1.82, 2.24) is 14.8 Å². The molecule has 0 spiro atoms. The predicted molar refractivity (Wildman–Crippen MR) is 48.5 cm³/mol. The monoisotopic (exact) mass is 175 g/mol. The third-order valence-electron chi connectivity index (χ3n) is 1.84. The number of rotatable bonds is 1. The molecule has 0 radical (unpaired) electrons. The van der Waals surface area contributed by atoms with Crippen LogP contribution in [0.15, 0.2) is 18.3 Å². The molecule has 0 N–H and O–H groups in total. The number of carbonyl (C=O) groups is 1. The highest BCUT2D eigenvalue weighted by Crippen LogP contribution is 2.09. The summed E-state index contributed by atoms with van der Waals surface area (Å²) in [5.41, 5.74) is 1.08. The topological polar surface area (TPSA) is 47.8 Å². The van der Waals surface area contributed by atoms with Crippen molar-refractivity contribution in [2.45, 2.75) is 6.92 Å². The Bertz CT molecular complexity index is 473. The summed E-state index contributed by atoms with van der Waals surface area (Å²) in [6.45, 7) is 1.50. The van der Waals surface area contributed by atoms with E-state index in [2.05, 4.69) is 10.1 Å². The quantitative estimate of drug-likeness (QED) is 0.611. The molecule has 0 aromatic carbocycles. The molecule has 4 nitrogen and oxygen atoms in total. The molecule has 0 saturated carbocycles. The van der Waals surface area contributed by atoms with Crippen LogP contribution < -0.4 is 0 Å². The molecular formula is C9H9N3O. The molecular weight excluding hydrogens is 166 g/mol. The fraction of sp³-hybridized carbons (Fsp3) is 0.222. The molecule has 66 valence electrons. The van der Waals surface area contributed by atoms with Gasteiger partial charge in [0.1, 0.15) is 5.69 Å². The lowest BCUT2D eigenvalue weighted by Gasteiger charge is -1.91. The highest BCUT2D eigenvalue weighted by atomic mass is 16.1. The molecule has 13 heavy (non-hydrogen) atoms. The van der Waals surface area contributed by atoms with Crippen molar-refractivity contribution >= 4 is 16.8 Å². The van der Waals surface area contributed by atoms with Crippen molar-refractivity contribution in [2.75, 3.05) is 0 Å². The van der Waals surface area contributed by atoms with Crippen LogP contribution in [0, 0.1) is 0 Å². The van der Waals surface area contributed by atoms with E-state index in [9.17, 15) is 4.79 Å². The van der Waals surface area contributed by atoms with Crippen molar-refractivity contribution in [3.05, 3.63) is 24.0 Å². The fourth-order valence-electron chi connectivity index (χ4n) is 1.22. The van der Waals surface area contributed by atoms with Crippen LogP contribution >= 0.6 is 0 Å². The van der Waals surface area contributed by atoms with Gasteiger partial charge in [0.25, 0.3) is 0 Å². The summed E-state index contributed by atoms with van der Waals surface area (Å²) >= 11 is 0. The Morgan fingerprint density at radius 3 is 2.92 bits per heavy atom. The van der Waals surface area contributed by atoms with Crippen LogP contribution in [-0.4, -0.2) is 20.5 Å². The van der Waals surface area contributed by atoms with Gasteiger partial charge < -0.3 is 0 Å². The zero-order valence-electron chi connectivity index (χ0n) is 7.48. The fourth-order valence-corrected chi connectivity index (χ4v) is 1.22. The Kier molecular flexibility index (Phi) is 1.62. The van der Waals surface area contributed by atoms with Gasteiger partial charge in [-0.3, -0.25) is 9.48 Å². The first-order valence-electron chi connectivity index (χ1n) is 3.98. The molecule has 0 amide bonds. The summed E-state index contributed by atoms with van der Waals surface area (Å²) in [5, 5.41) is 5.06. The summed E-state index contributed by atoms with van der Waals surface area (Å²) in [7, 11) is 1.83. The number of hydrogen-bond donors (Lipinski definition) is 0. The van der Waals surface area contributed by atoms with Gasteiger partial charge in [-0.25, -0.2) is 4.98 Å². The maximum Gasteiger partial charge on any atom is 0.181 e. The van der Waals surface area contributed by atoms with E-state index in [4.69, 9.17) is 0 Å². The SMILES string of the molecule is CC(=O)c1ccc2cn(C)nc2n1. The minimum Gasteiger partial charge on any atom is -0.293 e. The van der Waals surface area contributed by atoms with Gasteiger partial charge >= 0.3 is 0 Å². The van der Waals surface area contributed by atoms with Crippen molar-refractivity contribution in [2.24, 2.45) is 7.05 Å². The Morgan fingerprint density at radius 2 is 2.23 bits per heavy atom. The van der Waals surface area contributed by atoms with E-state index in [1.807, 2.05) is 19.3 Å². The summed E-state index contributed by atoms with van der Waals surface area (Å²) in [6.07, 6.45) is 1.87. The van der Waals surface area contributed by atoms with Crippen LogP contribution in [0.25, 0.3) is 11.0 Å². The van der Waals surface area contributed by atoms with E-state index >= 15 is 0 Å². The zero-order chi connectivity index (χ0) is 9.42. The molecule has 0 atom stereocenters. The van der Waals surface area contributed by atoms with E-state index in [1.165, 1.54) is 6.92 Å². The highest BCUT2D eigenvalue weighted by Gasteiger charge is 2.04. The third kappa shape index (κ3) is 1.30. The normalized spacial score (nSPS) is 10.6. The van der Waals surface area contributed by atoms with E-state index in [-0.39, 0.29) is 5.78 Å². The van der Waals surface area contributed by atoms with Gasteiger partial charge in [-0.1, -0.05) is 0 Å². The zero-order valence-corrected chi connectivity index (χ0v) is 7.48. The first kappa shape index (κ1) is 7.91.